The van der Waals surface area contributed by atoms with Crippen LogP contribution in [0.1, 0.15) is 11.1 Å². The lowest BCUT2D eigenvalue weighted by molar-refractivity contribution is -0.385. The van der Waals surface area contributed by atoms with Gasteiger partial charge in [-0.1, -0.05) is 54.6 Å². The SMILES string of the molecule is Cc1c(NC(=O)CN(Cc2ccccc2)S(=O)(=O)c2ccccc2)cccc1[N+](=O)[O-]. The van der Waals surface area contributed by atoms with Crippen molar-refractivity contribution < 1.29 is 18.1 Å². The van der Waals surface area contributed by atoms with Gasteiger partial charge in [-0.2, -0.15) is 4.31 Å². The van der Waals surface area contributed by atoms with Gasteiger partial charge in [0.05, 0.1) is 27.6 Å². The summed E-state index contributed by atoms with van der Waals surface area (Å²) in [4.78, 5) is 23.4. The fourth-order valence-corrected chi connectivity index (χ4v) is 4.47. The molecular weight excluding hydrogens is 418 g/mol. The Kier molecular flexibility index (Phi) is 6.78. The fourth-order valence-electron chi connectivity index (χ4n) is 3.06. The van der Waals surface area contributed by atoms with Crippen LogP contribution in [0, 0.1) is 17.0 Å². The number of hydrogen-bond acceptors (Lipinski definition) is 5. The highest BCUT2D eigenvalue weighted by atomic mass is 32.2. The zero-order valence-corrected chi connectivity index (χ0v) is 17.6. The van der Waals surface area contributed by atoms with E-state index in [4.69, 9.17) is 0 Å². The van der Waals surface area contributed by atoms with Crippen LogP contribution in [-0.2, 0) is 21.4 Å². The van der Waals surface area contributed by atoms with Crippen molar-refractivity contribution in [2.24, 2.45) is 0 Å². The van der Waals surface area contributed by atoms with E-state index in [2.05, 4.69) is 5.32 Å². The summed E-state index contributed by atoms with van der Waals surface area (Å²) in [5.41, 5.74) is 1.15. The lowest BCUT2D eigenvalue weighted by atomic mass is 10.1. The molecule has 0 spiro atoms. The Bertz CT molecular complexity index is 1180. The molecule has 0 unspecified atom stereocenters. The molecule has 0 aliphatic rings. The van der Waals surface area contributed by atoms with E-state index in [1.54, 1.807) is 42.5 Å². The number of hydrogen-bond donors (Lipinski definition) is 1. The topological polar surface area (TPSA) is 110 Å². The molecule has 0 radical (unpaired) electrons. The zero-order chi connectivity index (χ0) is 22.4. The Morgan fingerprint density at radius 2 is 1.58 bits per heavy atom. The molecule has 9 heteroatoms. The smallest absolute Gasteiger partial charge is 0.274 e. The molecule has 0 saturated heterocycles. The maximum atomic E-state index is 13.2. The number of nitro groups is 1. The summed E-state index contributed by atoms with van der Waals surface area (Å²) in [6, 6.07) is 21.1. The molecule has 31 heavy (non-hydrogen) atoms. The first kappa shape index (κ1) is 22.1. The molecule has 0 bridgehead atoms. The van der Waals surface area contributed by atoms with Crippen molar-refractivity contribution in [1.82, 2.24) is 4.31 Å². The molecule has 3 aromatic carbocycles. The van der Waals surface area contributed by atoms with E-state index in [-0.39, 0.29) is 22.8 Å². The number of sulfonamides is 1. The van der Waals surface area contributed by atoms with E-state index in [1.165, 1.54) is 37.3 Å². The molecule has 0 aromatic heterocycles. The number of anilines is 1. The molecule has 3 aromatic rings. The van der Waals surface area contributed by atoms with Crippen molar-refractivity contribution in [2.45, 2.75) is 18.4 Å². The number of carbonyl (C=O) groups excluding carboxylic acids is 1. The van der Waals surface area contributed by atoms with Gasteiger partial charge in [0.2, 0.25) is 15.9 Å². The predicted octanol–water partition coefficient (Wildman–Crippen LogP) is 3.73. The second kappa shape index (κ2) is 9.50. The Balaban J connectivity index is 1.87. The van der Waals surface area contributed by atoms with Gasteiger partial charge in [0, 0.05) is 12.6 Å². The second-order valence-electron chi connectivity index (χ2n) is 6.83. The van der Waals surface area contributed by atoms with Crippen LogP contribution in [0.5, 0.6) is 0 Å². The third kappa shape index (κ3) is 5.33. The highest BCUT2D eigenvalue weighted by Crippen LogP contribution is 2.25. The standard InChI is InChI=1S/C22H21N3O5S/c1-17-20(13-8-14-21(17)25(27)28)23-22(26)16-24(15-18-9-4-2-5-10-18)31(29,30)19-11-6-3-7-12-19/h2-14H,15-16H2,1H3,(H,23,26). The Morgan fingerprint density at radius 3 is 2.19 bits per heavy atom. The Hall–Kier alpha value is -3.56. The molecule has 8 nitrogen and oxygen atoms in total. The van der Waals surface area contributed by atoms with Gasteiger partial charge >= 0.3 is 0 Å². The summed E-state index contributed by atoms with van der Waals surface area (Å²) >= 11 is 0. The van der Waals surface area contributed by atoms with E-state index in [0.29, 0.717) is 5.56 Å². The fraction of sp³-hybridized carbons (Fsp3) is 0.136. The van der Waals surface area contributed by atoms with Gasteiger partial charge in [-0.15, -0.1) is 0 Å². The second-order valence-corrected chi connectivity index (χ2v) is 8.76. The van der Waals surface area contributed by atoms with Crippen LogP contribution in [0.4, 0.5) is 11.4 Å². The largest absolute Gasteiger partial charge is 0.324 e. The third-order valence-electron chi connectivity index (χ3n) is 4.68. The molecule has 3 rings (SSSR count). The molecule has 0 aliphatic carbocycles. The Morgan fingerprint density at radius 1 is 0.968 bits per heavy atom. The van der Waals surface area contributed by atoms with Crippen LogP contribution >= 0.6 is 0 Å². The number of amides is 1. The number of benzene rings is 3. The van der Waals surface area contributed by atoms with Gasteiger partial charge in [-0.25, -0.2) is 8.42 Å². The van der Waals surface area contributed by atoms with Crippen molar-refractivity contribution in [3.63, 3.8) is 0 Å². The quantitative estimate of drug-likeness (QED) is 0.425. The highest BCUT2D eigenvalue weighted by molar-refractivity contribution is 7.89. The molecule has 0 fully saturated rings. The average molecular weight is 439 g/mol. The van der Waals surface area contributed by atoms with E-state index < -0.39 is 27.4 Å². The first-order valence-electron chi connectivity index (χ1n) is 9.42. The minimum absolute atomic E-state index is 0.000588. The summed E-state index contributed by atoms with van der Waals surface area (Å²) in [5.74, 6) is -0.598. The summed E-state index contributed by atoms with van der Waals surface area (Å²) in [6.45, 7) is 1.07. The first-order chi connectivity index (χ1) is 14.8. The van der Waals surface area contributed by atoms with Crippen LogP contribution in [0.2, 0.25) is 0 Å². The van der Waals surface area contributed by atoms with Crippen molar-refractivity contribution in [3.05, 3.63) is 100 Å². The molecule has 0 saturated carbocycles. The van der Waals surface area contributed by atoms with Crippen LogP contribution in [-0.4, -0.2) is 30.1 Å². The lowest BCUT2D eigenvalue weighted by Crippen LogP contribution is -2.37. The maximum absolute atomic E-state index is 13.2. The number of nitrogens with one attached hydrogen (secondary N) is 1. The van der Waals surface area contributed by atoms with Crippen LogP contribution < -0.4 is 5.32 Å². The van der Waals surface area contributed by atoms with E-state index in [1.807, 2.05) is 6.07 Å². The molecule has 160 valence electrons. The number of nitrogens with zero attached hydrogens (tertiary/aromatic N) is 2. The zero-order valence-electron chi connectivity index (χ0n) is 16.8. The monoisotopic (exact) mass is 439 g/mol. The summed E-state index contributed by atoms with van der Waals surface area (Å²) < 4.78 is 27.5. The summed E-state index contributed by atoms with van der Waals surface area (Å²) in [5, 5.41) is 13.7. The molecule has 0 heterocycles. The van der Waals surface area contributed by atoms with Gasteiger partial charge in [0.25, 0.3) is 5.69 Å². The van der Waals surface area contributed by atoms with Crippen molar-refractivity contribution in [3.8, 4) is 0 Å². The van der Waals surface area contributed by atoms with E-state index >= 15 is 0 Å². The lowest BCUT2D eigenvalue weighted by Gasteiger charge is -2.22. The average Bonchev–Trinajstić information content (AvgIpc) is 2.76. The van der Waals surface area contributed by atoms with Gasteiger partial charge < -0.3 is 5.32 Å². The minimum atomic E-state index is -3.95. The van der Waals surface area contributed by atoms with Crippen molar-refractivity contribution in [1.29, 1.82) is 0 Å². The molecule has 1 amide bonds. The summed E-state index contributed by atoms with van der Waals surface area (Å²) in [7, 11) is -3.95. The van der Waals surface area contributed by atoms with Crippen LogP contribution in [0.25, 0.3) is 0 Å². The van der Waals surface area contributed by atoms with Gasteiger partial charge in [-0.3, -0.25) is 14.9 Å². The third-order valence-corrected chi connectivity index (χ3v) is 6.48. The maximum Gasteiger partial charge on any atom is 0.274 e. The summed E-state index contributed by atoms with van der Waals surface area (Å²) in [6.07, 6.45) is 0. The number of rotatable bonds is 8. The molecule has 0 atom stereocenters. The predicted molar refractivity (Wildman–Crippen MR) is 117 cm³/mol. The van der Waals surface area contributed by atoms with E-state index in [9.17, 15) is 23.3 Å². The van der Waals surface area contributed by atoms with Crippen molar-refractivity contribution >= 4 is 27.3 Å². The highest BCUT2D eigenvalue weighted by Gasteiger charge is 2.27. The minimum Gasteiger partial charge on any atom is -0.324 e. The van der Waals surface area contributed by atoms with Gasteiger partial charge in [-0.05, 0) is 30.7 Å². The Labute approximate surface area is 180 Å². The van der Waals surface area contributed by atoms with Crippen molar-refractivity contribution in [2.75, 3.05) is 11.9 Å². The molecular formula is C22H21N3O5S. The van der Waals surface area contributed by atoms with Crippen LogP contribution in [0.3, 0.4) is 0 Å². The molecule has 1 N–H and O–H groups in total. The number of carbonyl (C=O) groups is 1. The van der Waals surface area contributed by atoms with E-state index in [0.717, 1.165) is 9.87 Å². The van der Waals surface area contributed by atoms with Gasteiger partial charge in [0.1, 0.15) is 0 Å². The molecule has 0 aliphatic heterocycles. The first-order valence-corrected chi connectivity index (χ1v) is 10.9. The van der Waals surface area contributed by atoms with Gasteiger partial charge in [0.15, 0.2) is 0 Å². The normalized spacial score (nSPS) is 11.3. The van der Waals surface area contributed by atoms with Crippen LogP contribution in [0.15, 0.2) is 83.8 Å². The number of nitro benzene ring substituents is 1.